The molecule has 1 aromatic heterocycles. The first-order valence-electron chi connectivity index (χ1n) is 5.47. The van der Waals surface area contributed by atoms with Gasteiger partial charge in [-0.3, -0.25) is 0 Å². The van der Waals surface area contributed by atoms with Crippen molar-refractivity contribution >= 4 is 10.0 Å². The lowest BCUT2D eigenvalue weighted by atomic mass is 10.3. The summed E-state index contributed by atoms with van der Waals surface area (Å²) in [5, 5.41) is 3.69. The van der Waals surface area contributed by atoms with Crippen molar-refractivity contribution in [3.63, 3.8) is 0 Å². The largest absolute Gasteiger partial charge is 0.485 e. The molecule has 0 unspecified atom stereocenters. The number of ether oxygens (including phenoxy) is 1. The molecule has 7 nitrogen and oxygen atoms in total. The zero-order valence-corrected chi connectivity index (χ0v) is 11.1. The van der Waals surface area contributed by atoms with Gasteiger partial charge in [-0.05, 0) is 12.1 Å². The van der Waals surface area contributed by atoms with Gasteiger partial charge in [-0.25, -0.2) is 13.1 Å². The SMILES string of the molecule is CS(=O)(=O)NCc1nc(COc2ccccc2)no1. The smallest absolute Gasteiger partial charge is 0.241 e. The number of nitrogens with one attached hydrogen (secondary N) is 1. The summed E-state index contributed by atoms with van der Waals surface area (Å²) in [5.41, 5.74) is 0. The maximum atomic E-state index is 10.9. The molecule has 0 atom stereocenters. The molecule has 2 rings (SSSR count). The summed E-state index contributed by atoms with van der Waals surface area (Å²) in [4.78, 5) is 4.00. The second-order valence-corrected chi connectivity index (χ2v) is 5.63. The first-order valence-corrected chi connectivity index (χ1v) is 7.36. The van der Waals surface area contributed by atoms with E-state index in [1.165, 1.54) is 0 Å². The maximum absolute atomic E-state index is 10.9. The minimum absolute atomic E-state index is 0.0306. The van der Waals surface area contributed by atoms with Gasteiger partial charge in [-0.1, -0.05) is 23.4 Å². The molecule has 0 fully saturated rings. The molecule has 0 saturated carbocycles. The van der Waals surface area contributed by atoms with Crippen molar-refractivity contribution in [2.45, 2.75) is 13.2 Å². The molecule has 2 aromatic rings. The Morgan fingerprint density at radius 2 is 2.05 bits per heavy atom. The molecule has 0 spiro atoms. The monoisotopic (exact) mass is 283 g/mol. The minimum Gasteiger partial charge on any atom is -0.485 e. The van der Waals surface area contributed by atoms with Gasteiger partial charge in [0.2, 0.25) is 21.7 Å². The van der Waals surface area contributed by atoms with Gasteiger partial charge >= 0.3 is 0 Å². The van der Waals surface area contributed by atoms with Crippen LogP contribution in [0.15, 0.2) is 34.9 Å². The molecule has 1 N–H and O–H groups in total. The Morgan fingerprint density at radius 1 is 1.32 bits per heavy atom. The molecule has 1 heterocycles. The summed E-state index contributed by atoms with van der Waals surface area (Å²) in [6, 6.07) is 9.22. The van der Waals surface area contributed by atoms with E-state index in [-0.39, 0.29) is 19.0 Å². The molecule has 19 heavy (non-hydrogen) atoms. The Kier molecular flexibility index (Phi) is 4.13. The predicted molar refractivity (Wildman–Crippen MR) is 66.8 cm³/mol. The second-order valence-electron chi connectivity index (χ2n) is 3.80. The molecule has 0 aliphatic carbocycles. The minimum atomic E-state index is -3.28. The molecule has 0 aliphatic heterocycles. The number of rotatable bonds is 6. The van der Waals surface area contributed by atoms with Crippen LogP contribution in [0, 0.1) is 0 Å². The third-order valence-electron chi connectivity index (χ3n) is 2.11. The van der Waals surface area contributed by atoms with Crippen LogP contribution in [0.5, 0.6) is 5.75 Å². The van der Waals surface area contributed by atoms with Crippen molar-refractivity contribution in [1.29, 1.82) is 0 Å². The Bertz CT molecular complexity index is 624. The van der Waals surface area contributed by atoms with E-state index >= 15 is 0 Å². The summed E-state index contributed by atoms with van der Waals surface area (Å²) in [6.07, 6.45) is 1.06. The highest BCUT2D eigenvalue weighted by Crippen LogP contribution is 2.10. The molecule has 0 bridgehead atoms. The number of hydrogen-bond donors (Lipinski definition) is 1. The van der Waals surface area contributed by atoms with Crippen LogP contribution in [-0.2, 0) is 23.2 Å². The van der Waals surface area contributed by atoms with Gasteiger partial charge in [-0.2, -0.15) is 4.98 Å². The van der Waals surface area contributed by atoms with Crippen molar-refractivity contribution in [3.8, 4) is 5.75 Å². The Hall–Kier alpha value is -1.93. The van der Waals surface area contributed by atoms with Crippen LogP contribution in [0.3, 0.4) is 0 Å². The van der Waals surface area contributed by atoms with Crippen molar-refractivity contribution in [1.82, 2.24) is 14.9 Å². The zero-order chi connectivity index (χ0) is 13.7. The van der Waals surface area contributed by atoms with Crippen LogP contribution in [-0.4, -0.2) is 24.8 Å². The average molecular weight is 283 g/mol. The fourth-order valence-corrected chi connectivity index (χ4v) is 1.66. The van der Waals surface area contributed by atoms with Gasteiger partial charge in [-0.15, -0.1) is 0 Å². The van der Waals surface area contributed by atoms with Gasteiger partial charge in [0.05, 0.1) is 12.8 Å². The summed E-state index contributed by atoms with van der Waals surface area (Å²) in [5.74, 6) is 1.24. The van der Waals surface area contributed by atoms with Crippen molar-refractivity contribution in [2.24, 2.45) is 0 Å². The molecule has 0 amide bonds. The van der Waals surface area contributed by atoms with E-state index in [4.69, 9.17) is 9.26 Å². The van der Waals surface area contributed by atoms with E-state index in [0.29, 0.717) is 11.6 Å². The van der Waals surface area contributed by atoms with Crippen LogP contribution in [0.2, 0.25) is 0 Å². The van der Waals surface area contributed by atoms with Crippen molar-refractivity contribution < 1.29 is 17.7 Å². The highest BCUT2D eigenvalue weighted by molar-refractivity contribution is 7.88. The van der Waals surface area contributed by atoms with Crippen LogP contribution in [0.25, 0.3) is 0 Å². The van der Waals surface area contributed by atoms with E-state index in [1.807, 2.05) is 30.3 Å². The first kappa shape index (κ1) is 13.5. The van der Waals surface area contributed by atoms with E-state index < -0.39 is 10.0 Å². The lowest BCUT2D eigenvalue weighted by molar-refractivity contribution is 0.285. The highest BCUT2D eigenvalue weighted by atomic mass is 32.2. The Balaban J connectivity index is 1.87. The predicted octanol–water partition coefficient (Wildman–Crippen LogP) is 0.698. The molecule has 0 aliphatic rings. The fraction of sp³-hybridized carbons (Fsp3) is 0.273. The third-order valence-corrected chi connectivity index (χ3v) is 2.78. The second kappa shape index (κ2) is 5.81. The van der Waals surface area contributed by atoms with Crippen LogP contribution >= 0.6 is 0 Å². The van der Waals surface area contributed by atoms with Crippen LogP contribution in [0.4, 0.5) is 0 Å². The van der Waals surface area contributed by atoms with E-state index in [2.05, 4.69) is 14.9 Å². The Morgan fingerprint density at radius 3 is 2.74 bits per heavy atom. The quantitative estimate of drug-likeness (QED) is 0.838. The van der Waals surface area contributed by atoms with Gasteiger partial charge in [0.1, 0.15) is 5.75 Å². The standard InChI is InChI=1S/C11H13N3O4S/c1-19(15,16)12-7-11-13-10(14-18-11)8-17-9-5-3-2-4-6-9/h2-6,12H,7-8H2,1H3. The van der Waals surface area contributed by atoms with E-state index in [0.717, 1.165) is 6.26 Å². The molecule has 0 saturated heterocycles. The number of aromatic nitrogens is 2. The molecular formula is C11H13N3O4S. The van der Waals surface area contributed by atoms with E-state index in [9.17, 15) is 8.42 Å². The van der Waals surface area contributed by atoms with Gasteiger partial charge in [0, 0.05) is 0 Å². The first-order chi connectivity index (χ1) is 9.03. The summed E-state index contributed by atoms with van der Waals surface area (Å²) >= 11 is 0. The van der Waals surface area contributed by atoms with Crippen LogP contribution in [0.1, 0.15) is 11.7 Å². The average Bonchev–Trinajstić information content (AvgIpc) is 2.82. The summed E-state index contributed by atoms with van der Waals surface area (Å²) in [6.45, 7) is 0.129. The highest BCUT2D eigenvalue weighted by Gasteiger charge is 2.09. The summed E-state index contributed by atoms with van der Waals surface area (Å²) < 4.78 is 34.4. The van der Waals surface area contributed by atoms with Crippen LogP contribution < -0.4 is 9.46 Å². The molecule has 8 heteroatoms. The van der Waals surface area contributed by atoms with Crippen molar-refractivity contribution in [3.05, 3.63) is 42.0 Å². The van der Waals surface area contributed by atoms with E-state index in [1.54, 1.807) is 0 Å². The van der Waals surface area contributed by atoms with Gasteiger partial charge < -0.3 is 9.26 Å². The lowest BCUT2D eigenvalue weighted by Crippen LogP contribution is -2.21. The number of para-hydroxylation sites is 1. The number of benzene rings is 1. The molecule has 0 radical (unpaired) electrons. The number of hydrogen-bond acceptors (Lipinski definition) is 6. The Labute approximate surface area is 110 Å². The third kappa shape index (κ3) is 4.68. The molecule has 102 valence electrons. The normalized spacial score (nSPS) is 11.4. The summed E-state index contributed by atoms with van der Waals surface area (Å²) in [7, 11) is -3.28. The van der Waals surface area contributed by atoms with Crippen molar-refractivity contribution in [2.75, 3.05) is 6.26 Å². The lowest BCUT2D eigenvalue weighted by Gasteiger charge is -2.01. The van der Waals surface area contributed by atoms with Gasteiger partial charge in [0.15, 0.2) is 6.61 Å². The topological polar surface area (TPSA) is 94.3 Å². The maximum Gasteiger partial charge on any atom is 0.241 e. The molecule has 1 aromatic carbocycles. The zero-order valence-electron chi connectivity index (χ0n) is 10.2. The fourth-order valence-electron chi connectivity index (χ4n) is 1.28. The number of sulfonamides is 1. The molecular weight excluding hydrogens is 270 g/mol. The van der Waals surface area contributed by atoms with Gasteiger partial charge in [0.25, 0.3) is 0 Å². The number of nitrogens with zero attached hydrogens (tertiary/aromatic N) is 2.